The largest absolute Gasteiger partial charge is 0.322 e. The number of rotatable bonds is 5. The van der Waals surface area contributed by atoms with Crippen LogP contribution in [0.4, 0.5) is 0 Å². The average molecular weight is 264 g/mol. The SMILES string of the molecule is CSC(C)CCN1C(=O)CNC1c1ccccc1. The van der Waals surface area contributed by atoms with E-state index in [1.807, 2.05) is 34.9 Å². The predicted octanol–water partition coefficient (Wildman–Crippen LogP) is 2.26. The van der Waals surface area contributed by atoms with Gasteiger partial charge in [-0.15, -0.1) is 0 Å². The van der Waals surface area contributed by atoms with Crippen LogP contribution < -0.4 is 5.32 Å². The van der Waals surface area contributed by atoms with Gasteiger partial charge in [-0.05, 0) is 18.2 Å². The van der Waals surface area contributed by atoms with Gasteiger partial charge in [0.15, 0.2) is 0 Å². The predicted molar refractivity (Wildman–Crippen MR) is 76.5 cm³/mol. The minimum Gasteiger partial charge on any atom is -0.322 e. The molecular formula is C14H20N2OS. The molecule has 2 rings (SSSR count). The molecule has 1 heterocycles. The number of thioether (sulfide) groups is 1. The third-order valence-electron chi connectivity index (χ3n) is 3.37. The monoisotopic (exact) mass is 264 g/mol. The first kappa shape index (κ1) is 13.4. The fourth-order valence-electron chi connectivity index (χ4n) is 2.17. The Morgan fingerprint density at radius 1 is 1.44 bits per heavy atom. The molecule has 2 atom stereocenters. The van der Waals surface area contributed by atoms with Crippen LogP contribution in [0.2, 0.25) is 0 Å². The van der Waals surface area contributed by atoms with Crippen molar-refractivity contribution in [2.75, 3.05) is 19.3 Å². The second kappa shape index (κ2) is 6.25. The zero-order valence-corrected chi connectivity index (χ0v) is 11.7. The highest BCUT2D eigenvalue weighted by atomic mass is 32.2. The number of benzene rings is 1. The molecule has 1 aromatic rings. The molecule has 1 aromatic carbocycles. The van der Waals surface area contributed by atoms with E-state index in [1.165, 1.54) is 5.56 Å². The van der Waals surface area contributed by atoms with Crippen LogP contribution in [-0.2, 0) is 4.79 Å². The van der Waals surface area contributed by atoms with Gasteiger partial charge < -0.3 is 4.90 Å². The molecule has 0 bridgehead atoms. The fourth-order valence-corrected chi connectivity index (χ4v) is 2.51. The molecule has 3 nitrogen and oxygen atoms in total. The lowest BCUT2D eigenvalue weighted by Crippen LogP contribution is -2.32. The number of amides is 1. The van der Waals surface area contributed by atoms with Gasteiger partial charge >= 0.3 is 0 Å². The Bertz CT molecular complexity index is 396. The Morgan fingerprint density at radius 2 is 2.17 bits per heavy atom. The molecule has 1 aliphatic rings. The van der Waals surface area contributed by atoms with Gasteiger partial charge in [-0.2, -0.15) is 11.8 Å². The van der Waals surface area contributed by atoms with Gasteiger partial charge in [-0.3, -0.25) is 10.1 Å². The van der Waals surface area contributed by atoms with E-state index in [4.69, 9.17) is 0 Å². The van der Waals surface area contributed by atoms with E-state index >= 15 is 0 Å². The Hall–Kier alpha value is -1.00. The van der Waals surface area contributed by atoms with Crippen molar-refractivity contribution >= 4 is 17.7 Å². The molecule has 18 heavy (non-hydrogen) atoms. The maximum atomic E-state index is 11.9. The molecule has 98 valence electrons. The second-order valence-electron chi connectivity index (χ2n) is 4.62. The van der Waals surface area contributed by atoms with Crippen molar-refractivity contribution in [2.45, 2.75) is 24.8 Å². The zero-order valence-electron chi connectivity index (χ0n) is 10.9. The minimum absolute atomic E-state index is 0.0488. The van der Waals surface area contributed by atoms with Crippen molar-refractivity contribution in [3.63, 3.8) is 0 Å². The highest BCUT2D eigenvalue weighted by Gasteiger charge is 2.31. The van der Waals surface area contributed by atoms with Gasteiger partial charge in [0.2, 0.25) is 5.91 Å². The molecule has 0 aromatic heterocycles. The number of hydrogen-bond donors (Lipinski definition) is 1. The van der Waals surface area contributed by atoms with Crippen LogP contribution in [0.3, 0.4) is 0 Å². The van der Waals surface area contributed by atoms with Crippen LogP contribution in [0.5, 0.6) is 0 Å². The smallest absolute Gasteiger partial charge is 0.238 e. The molecule has 0 spiro atoms. The van der Waals surface area contributed by atoms with Crippen LogP contribution in [0, 0.1) is 0 Å². The van der Waals surface area contributed by atoms with Crippen molar-refractivity contribution in [2.24, 2.45) is 0 Å². The van der Waals surface area contributed by atoms with Crippen LogP contribution in [0.25, 0.3) is 0 Å². The Labute approximate surface area is 113 Å². The third-order valence-corrected chi connectivity index (χ3v) is 4.41. The van der Waals surface area contributed by atoms with Gasteiger partial charge in [0.05, 0.1) is 6.54 Å². The van der Waals surface area contributed by atoms with Crippen molar-refractivity contribution in [1.82, 2.24) is 10.2 Å². The van der Waals surface area contributed by atoms with E-state index in [0.29, 0.717) is 11.8 Å². The quantitative estimate of drug-likeness (QED) is 0.885. The number of nitrogens with zero attached hydrogens (tertiary/aromatic N) is 1. The van der Waals surface area contributed by atoms with Crippen LogP contribution in [-0.4, -0.2) is 35.4 Å². The number of hydrogen-bond acceptors (Lipinski definition) is 3. The first-order valence-electron chi connectivity index (χ1n) is 6.33. The molecule has 0 radical (unpaired) electrons. The van der Waals surface area contributed by atoms with Gasteiger partial charge in [-0.25, -0.2) is 0 Å². The molecule has 0 aliphatic carbocycles. The standard InChI is InChI=1S/C14H20N2OS/c1-11(18-2)8-9-16-13(17)10-15-14(16)12-6-4-3-5-7-12/h3-7,11,14-15H,8-10H2,1-2H3. The summed E-state index contributed by atoms with van der Waals surface area (Å²) >= 11 is 1.85. The van der Waals surface area contributed by atoms with E-state index < -0.39 is 0 Å². The lowest BCUT2D eigenvalue weighted by Gasteiger charge is -2.25. The molecule has 1 saturated heterocycles. The Balaban J connectivity index is 2.04. The van der Waals surface area contributed by atoms with Crippen molar-refractivity contribution < 1.29 is 4.79 Å². The van der Waals surface area contributed by atoms with Gasteiger partial charge in [0.25, 0.3) is 0 Å². The zero-order chi connectivity index (χ0) is 13.0. The fraction of sp³-hybridized carbons (Fsp3) is 0.500. The summed E-state index contributed by atoms with van der Waals surface area (Å²) < 4.78 is 0. The van der Waals surface area contributed by atoms with E-state index in [-0.39, 0.29) is 12.1 Å². The van der Waals surface area contributed by atoms with Crippen LogP contribution in [0.1, 0.15) is 25.1 Å². The van der Waals surface area contributed by atoms with Crippen molar-refractivity contribution in [3.8, 4) is 0 Å². The molecule has 1 N–H and O–H groups in total. The van der Waals surface area contributed by atoms with Crippen molar-refractivity contribution in [3.05, 3.63) is 35.9 Å². The van der Waals surface area contributed by atoms with Crippen LogP contribution >= 0.6 is 11.8 Å². The Morgan fingerprint density at radius 3 is 2.83 bits per heavy atom. The number of carbonyl (C=O) groups is 1. The molecule has 1 aliphatic heterocycles. The maximum absolute atomic E-state index is 11.9. The lowest BCUT2D eigenvalue weighted by molar-refractivity contribution is -0.128. The van der Waals surface area contributed by atoms with E-state index in [1.54, 1.807) is 0 Å². The maximum Gasteiger partial charge on any atom is 0.238 e. The van der Waals surface area contributed by atoms with Gasteiger partial charge in [0, 0.05) is 11.8 Å². The molecule has 0 saturated carbocycles. The summed E-state index contributed by atoms with van der Waals surface area (Å²) in [6.45, 7) is 3.48. The first-order valence-corrected chi connectivity index (χ1v) is 7.61. The molecule has 1 fully saturated rings. The summed E-state index contributed by atoms with van der Waals surface area (Å²) in [5, 5.41) is 3.88. The van der Waals surface area contributed by atoms with Crippen LogP contribution in [0.15, 0.2) is 30.3 Å². The second-order valence-corrected chi connectivity index (χ2v) is 5.89. The lowest BCUT2D eigenvalue weighted by atomic mass is 10.1. The Kier molecular flexibility index (Phi) is 4.66. The summed E-state index contributed by atoms with van der Waals surface area (Å²) in [6, 6.07) is 10.2. The highest BCUT2D eigenvalue weighted by molar-refractivity contribution is 7.99. The van der Waals surface area contributed by atoms with Crippen molar-refractivity contribution in [1.29, 1.82) is 0 Å². The third kappa shape index (κ3) is 3.06. The summed E-state index contributed by atoms with van der Waals surface area (Å²) in [5.41, 5.74) is 1.17. The molecular weight excluding hydrogens is 244 g/mol. The average Bonchev–Trinajstić information content (AvgIpc) is 2.78. The van der Waals surface area contributed by atoms with E-state index in [9.17, 15) is 4.79 Å². The summed E-state index contributed by atoms with van der Waals surface area (Å²) in [5.74, 6) is 0.206. The summed E-state index contributed by atoms with van der Waals surface area (Å²) in [6.07, 6.45) is 3.20. The number of nitrogens with one attached hydrogen (secondary N) is 1. The van der Waals surface area contributed by atoms with E-state index in [2.05, 4.69) is 30.6 Å². The molecule has 2 unspecified atom stereocenters. The topological polar surface area (TPSA) is 32.3 Å². The normalized spacial score (nSPS) is 21.3. The number of carbonyl (C=O) groups excluding carboxylic acids is 1. The van der Waals surface area contributed by atoms with E-state index in [0.717, 1.165) is 13.0 Å². The highest BCUT2D eigenvalue weighted by Crippen LogP contribution is 2.23. The molecule has 1 amide bonds. The summed E-state index contributed by atoms with van der Waals surface area (Å²) in [4.78, 5) is 13.9. The van der Waals surface area contributed by atoms with Gasteiger partial charge in [-0.1, -0.05) is 37.3 Å². The first-order chi connectivity index (χ1) is 8.72. The minimum atomic E-state index is 0.0488. The summed E-state index contributed by atoms with van der Waals surface area (Å²) in [7, 11) is 0. The molecule has 4 heteroatoms. The van der Waals surface area contributed by atoms with Gasteiger partial charge in [0.1, 0.15) is 6.17 Å².